The Bertz CT molecular complexity index is 823. The van der Waals surface area contributed by atoms with E-state index >= 15 is 0 Å². The van der Waals surface area contributed by atoms with E-state index in [-0.39, 0.29) is 18.3 Å². The first-order chi connectivity index (χ1) is 11.6. The highest BCUT2D eigenvalue weighted by Gasteiger charge is 2.19. The zero-order valence-electron chi connectivity index (χ0n) is 12.6. The zero-order valence-corrected chi connectivity index (χ0v) is 13.3. The molecule has 0 aliphatic rings. The maximum atomic E-state index is 13.2. The molecule has 0 atom stereocenters. The number of hydrogen-bond donors (Lipinski definition) is 0. The fourth-order valence-electron chi connectivity index (χ4n) is 2.21. The first kappa shape index (κ1) is 16.1. The van der Waals surface area contributed by atoms with E-state index in [1.807, 2.05) is 12.1 Å². The molecule has 2 aromatic heterocycles. The molecule has 24 heavy (non-hydrogen) atoms. The Hall–Kier alpha value is -2.79. The van der Waals surface area contributed by atoms with Crippen molar-refractivity contribution in [1.29, 1.82) is 0 Å². The van der Waals surface area contributed by atoms with Crippen molar-refractivity contribution in [1.82, 2.24) is 9.97 Å². The predicted octanol–water partition coefficient (Wildman–Crippen LogP) is 4.12. The summed E-state index contributed by atoms with van der Waals surface area (Å²) in [6.45, 7) is 0.258. The first-order valence-corrected chi connectivity index (χ1v) is 7.60. The van der Waals surface area contributed by atoms with E-state index in [1.54, 1.807) is 36.5 Å². The van der Waals surface area contributed by atoms with Gasteiger partial charge in [0.2, 0.25) is 0 Å². The van der Waals surface area contributed by atoms with Crippen molar-refractivity contribution in [2.24, 2.45) is 0 Å². The Morgan fingerprint density at radius 2 is 1.83 bits per heavy atom. The maximum absolute atomic E-state index is 13.2. The second-order valence-corrected chi connectivity index (χ2v) is 5.45. The number of aromatic nitrogens is 2. The Labute approximate surface area is 143 Å². The summed E-state index contributed by atoms with van der Waals surface area (Å²) in [7, 11) is 0. The van der Waals surface area contributed by atoms with Gasteiger partial charge in [-0.2, -0.15) is 0 Å². The Morgan fingerprint density at radius 1 is 1.04 bits per heavy atom. The molecule has 120 valence electrons. The molecule has 0 radical (unpaired) electrons. The number of pyridine rings is 2. The Morgan fingerprint density at radius 3 is 2.46 bits per heavy atom. The smallest absolute Gasteiger partial charge is 0.260 e. The van der Waals surface area contributed by atoms with Crippen LogP contribution >= 0.6 is 11.6 Å². The quantitative estimate of drug-likeness (QED) is 0.671. The van der Waals surface area contributed by atoms with Crippen molar-refractivity contribution < 1.29 is 9.18 Å². The number of halogens is 2. The van der Waals surface area contributed by atoms with Crippen LogP contribution in [0.2, 0.25) is 5.15 Å². The molecule has 0 aliphatic carbocycles. The number of anilines is 1. The van der Waals surface area contributed by atoms with Crippen LogP contribution in [0, 0.1) is 5.82 Å². The van der Waals surface area contributed by atoms with Crippen molar-refractivity contribution in [3.8, 4) is 0 Å². The molecule has 1 amide bonds. The number of amides is 1. The summed E-state index contributed by atoms with van der Waals surface area (Å²) in [5.41, 5.74) is 1.68. The minimum absolute atomic E-state index is 0.258. The molecule has 4 nitrogen and oxygen atoms in total. The molecule has 3 aromatic rings. The molecule has 0 saturated carbocycles. The summed E-state index contributed by atoms with van der Waals surface area (Å²) in [5.74, 6) is -0.631. The van der Waals surface area contributed by atoms with Gasteiger partial charge >= 0.3 is 0 Å². The highest BCUT2D eigenvalue weighted by molar-refractivity contribution is 6.29. The summed E-state index contributed by atoms with van der Waals surface area (Å²) in [4.78, 5) is 22.6. The van der Waals surface area contributed by atoms with Gasteiger partial charge in [-0.05, 0) is 48.5 Å². The average Bonchev–Trinajstić information content (AvgIpc) is 2.62. The molecule has 0 spiro atoms. The van der Waals surface area contributed by atoms with Crippen LogP contribution in [0.3, 0.4) is 0 Å². The second-order valence-electron chi connectivity index (χ2n) is 5.06. The Kier molecular flexibility index (Phi) is 4.82. The monoisotopic (exact) mass is 341 g/mol. The number of carbonyl (C=O) groups excluding carboxylic acids is 1. The van der Waals surface area contributed by atoms with E-state index < -0.39 is 0 Å². The summed E-state index contributed by atoms with van der Waals surface area (Å²) in [6.07, 6.45) is 3.08. The summed E-state index contributed by atoms with van der Waals surface area (Å²) < 4.78 is 13.2. The van der Waals surface area contributed by atoms with Gasteiger partial charge in [0.15, 0.2) is 0 Å². The Balaban J connectivity index is 1.96. The third-order valence-corrected chi connectivity index (χ3v) is 3.63. The van der Waals surface area contributed by atoms with Crippen molar-refractivity contribution in [2.45, 2.75) is 6.54 Å². The van der Waals surface area contributed by atoms with Crippen LogP contribution in [0.25, 0.3) is 0 Å². The summed E-state index contributed by atoms with van der Waals surface area (Å²) >= 11 is 5.77. The minimum atomic E-state index is -0.364. The number of benzene rings is 1. The average molecular weight is 342 g/mol. The highest BCUT2D eigenvalue weighted by Crippen LogP contribution is 2.20. The third-order valence-electron chi connectivity index (χ3n) is 3.40. The lowest BCUT2D eigenvalue weighted by Gasteiger charge is -2.22. The van der Waals surface area contributed by atoms with Crippen LogP contribution in [0.15, 0.2) is 67.0 Å². The lowest BCUT2D eigenvalue weighted by atomic mass is 10.2. The van der Waals surface area contributed by atoms with E-state index in [4.69, 9.17) is 11.6 Å². The third kappa shape index (κ3) is 3.75. The van der Waals surface area contributed by atoms with E-state index in [0.717, 1.165) is 5.69 Å². The van der Waals surface area contributed by atoms with Crippen LogP contribution in [-0.2, 0) is 6.54 Å². The molecule has 0 unspecified atom stereocenters. The normalized spacial score (nSPS) is 10.4. The van der Waals surface area contributed by atoms with Crippen molar-refractivity contribution >= 4 is 23.2 Å². The van der Waals surface area contributed by atoms with Gasteiger partial charge < -0.3 is 4.90 Å². The molecule has 1 aromatic carbocycles. The van der Waals surface area contributed by atoms with Gasteiger partial charge in [-0.15, -0.1) is 0 Å². The zero-order chi connectivity index (χ0) is 16.9. The fourth-order valence-corrected chi connectivity index (χ4v) is 2.32. The van der Waals surface area contributed by atoms with E-state index in [9.17, 15) is 9.18 Å². The molecule has 0 saturated heterocycles. The highest BCUT2D eigenvalue weighted by atomic mass is 35.5. The van der Waals surface area contributed by atoms with Crippen LogP contribution in [0.1, 0.15) is 16.1 Å². The molecule has 0 aliphatic heterocycles. The van der Waals surface area contributed by atoms with Crippen molar-refractivity contribution in [3.63, 3.8) is 0 Å². The van der Waals surface area contributed by atoms with Crippen molar-refractivity contribution in [2.75, 3.05) is 4.90 Å². The van der Waals surface area contributed by atoms with Gasteiger partial charge in [0.05, 0.1) is 17.8 Å². The second kappa shape index (κ2) is 7.19. The van der Waals surface area contributed by atoms with E-state index in [1.165, 1.54) is 23.2 Å². The molecular formula is C18H13ClFN3O. The number of carbonyl (C=O) groups is 1. The summed E-state index contributed by atoms with van der Waals surface area (Å²) in [6, 6.07) is 14.4. The van der Waals surface area contributed by atoms with Gasteiger partial charge in [-0.1, -0.05) is 17.7 Å². The topological polar surface area (TPSA) is 46.1 Å². The lowest BCUT2D eigenvalue weighted by Crippen LogP contribution is -2.30. The fraction of sp³-hybridized carbons (Fsp3) is 0.0556. The predicted molar refractivity (Wildman–Crippen MR) is 90.4 cm³/mol. The maximum Gasteiger partial charge on any atom is 0.260 e. The van der Waals surface area contributed by atoms with E-state index in [2.05, 4.69) is 9.97 Å². The summed E-state index contributed by atoms with van der Waals surface area (Å²) in [5, 5.41) is 0.310. The van der Waals surface area contributed by atoms with Crippen LogP contribution in [-0.4, -0.2) is 15.9 Å². The molecule has 0 bridgehead atoms. The molecule has 0 N–H and O–H groups in total. The molecule has 3 rings (SSSR count). The number of rotatable bonds is 4. The largest absolute Gasteiger partial charge is 0.302 e. The van der Waals surface area contributed by atoms with Gasteiger partial charge in [0, 0.05) is 18.1 Å². The van der Waals surface area contributed by atoms with Gasteiger partial charge in [0.1, 0.15) is 11.0 Å². The molecule has 2 heterocycles. The van der Waals surface area contributed by atoms with Gasteiger partial charge in [-0.3, -0.25) is 9.78 Å². The van der Waals surface area contributed by atoms with E-state index in [0.29, 0.717) is 16.4 Å². The van der Waals surface area contributed by atoms with Crippen molar-refractivity contribution in [3.05, 3.63) is 89.2 Å². The molecular weight excluding hydrogens is 329 g/mol. The number of nitrogens with zero attached hydrogens (tertiary/aromatic N) is 3. The number of hydrogen-bond acceptors (Lipinski definition) is 3. The molecule has 6 heteroatoms. The van der Waals surface area contributed by atoms with Gasteiger partial charge in [0.25, 0.3) is 5.91 Å². The van der Waals surface area contributed by atoms with Crippen LogP contribution in [0.5, 0.6) is 0 Å². The minimum Gasteiger partial charge on any atom is -0.302 e. The van der Waals surface area contributed by atoms with Crippen LogP contribution < -0.4 is 4.90 Å². The standard InChI is InChI=1S/C18H13ClFN3O/c19-17-9-4-13(11-22-17)18(24)23(12-15-3-1-2-10-21-15)16-7-5-14(20)6-8-16/h1-11H,12H2. The SMILES string of the molecule is O=C(c1ccc(Cl)nc1)N(Cc1ccccn1)c1ccc(F)cc1. The lowest BCUT2D eigenvalue weighted by molar-refractivity contribution is 0.0984. The molecule has 0 fully saturated rings. The van der Waals surface area contributed by atoms with Gasteiger partial charge in [-0.25, -0.2) is 9.37 Å². The first-order valence-electron chi connectivity index (χ1n) is 7.22. The van der Waals surface area contributed by atoms with Crippen LogP contribution in [0.4, 0.5) is 10.1 Å².